The van der Waals surface area contributed by atoms with E-state index in [-0.39, 0.29) is 6.73 Å². The molecule has 0 aromatic heterocycles. The fraction of sp³-hybridized carbons (Fsp3) is 0.400. The first kappa shape index (κ1) is 9.07. The molecule has 0 heterocycles. The molecule has 0 atom stereocenters. The minimum Gasteiger partial charge on any atom is -0.376 e. The van der Waals surface area contributed by atoms with Crippen molar-refractivity contribution in [1.82, 2.24) is 0 Å². The second-order valence-electron chi connectivity index (χ2n) is 3.04. The van der Waals surface area contributed by atoms with Crippen LogP contribution in [0.2, 0.25) is 0 Å². The third kappa shape index (κ3) is 1.98. The van der Waals surface area contributed by atoms with Crippen LogP contribution in [0.5, 0.6) is 0 Å². The highest BCUT2D eigenvalue weighted by atomic mass is 16.3. The van der Waals surface area contributed by atoms with Gasteiger partial charge in [-0.15, -0.1) is 0 Å². The zero-order valence-electron chi connectivity index (χ0n) is 7.57. The highest BCUT2D eigenvalue weighted by molar-refractivity contribution is 5.46. The van der Waals surface area contributed by atoms with Gasteiger partial charge < -0.3 is 10.0 Å². The van der Waals surface area contributed by atoms with Gasteiger partial charge in [-0.2, -0.15) is 0 Å². The monoisotopic (exact) mass is 165 g/mol. The second-order valence-corrected chi connectivity index (χ2v) is 3.04. The maximum atomic E-state index is 9.08. The lowest BCUT2D eigenvalue weighted by atomic mass is 10.2. The van der Waals surface area contributed by atoms with E-state index in [1.54, 1.807) is 0 Å². The van der Waals surface area contributed by atoms with Crippen molar-refractivity contribution in [2.75, 3.05) is 11.6 Å². The SMILES string of the molecule is CC(C)N(CO)c1ccccc1. The van der Waals surface area contributed by atoms with Crippen molar-refractivity contribution < 1.29 is 5.11 Å². The summed E-state index contributed by atoms with van der Waals surface area (Å²) in [4.78, 5) is 1.93. The molecule has 0 spiro atoms. The Bertz CT molecular complexity index is 221. The average Bonchev–Trinajstić information content (AvgIpc) is 2.07. The number of hydrogen-bond acceptors (Lipinski definition) is 2. The van der Waals surface area contributed by atoms with Crippen LogP contribution in [-0.2, 0) is 0 Å². The summed E-state index contributed by atoms with van der Waals surface area (Å²) in [6, 6.07) is 10.2. The summed E-state index contributed by atoms with van der Waals surface area (Å²) in [6.45, 7) is 4.19. The zero-order valence-corrected chi connectivity index (χ0v) is 7.57. The van der Waals surface area contributed by atoms with E-state index in [4.69, 9.17) is 5.11 Å². The number of aliphatic hydroxyl groups is 1. The van der Waals surface area contributed by atoms with Crippen molar-refractivity contribution >= 4 is 5.69 Å². The minimum absolute atomic E-state index is 0.0711. The van der Waals surface area contributed by atoms with Gasteiger partial charge in [0.05, 0.1) is 0 Å². The first-order chi connectivity index (χ1) is 5.75. The van der Waals surface area contributed by atoms with E-state index in [9.17, 15) is 0 Å². The predicted molar refractivity (Wildman–Crippen MR) is 51.1 cm³/mol. The standard InChI is InChI=1S/C10H15NO/c1-9(2)11(8-12)10-6-4-3-5-7-10/h3-7,9,12H,8H2,1-2H3. The first-order valence-corrected chi connectivity index (χ1v) is 4.18. The van der Waals surface area contributed by atoms with E-state index in [0.29, 0.717) is 6.04 Å². The van der Waals surface area contributed by atoms with Crippen LogP contribution in [0.25, 0.3) is 0 Å². The van der Waals surface area contributed by atoms with E-state index >= 15 is 0 Å². The Morgan fingerprint density at radius 1 is 1.25 bits per heavy atom. The maximum absolute atomic E-state index is 9.08. The van der Waals surface area contributed by atoms with E-state index in [0.717, 1.165) is 5.69 Å². The largest absolute Gasteiger partial charge is 0.376 e. The number of para-hydroxylation sites is 1. The van der Waals surface area contributed by atoms with Crippen molar-refractivity contribution in [2.24, 2.45) is 0 Å². The molecular formula is C10H15NO. The quantitative estimate of drug-likeness (QED) is 0.691. The Balaban J connectivity index is 2.80. The molecule has 0 bridgehead atoms. The van der Waals surface area contributed by atoms with Crippen LogP contribution in [0.3, 0.4) is 0 Å². The van der Waals surface area contributed by atoms with Crippen LogP contribution in [0.15, 0.2) is 30.3 Å². The molecule has 1 rings (SSSR count). The normalized spacial score (nSPS) is 10.3. The molecule has 1 N–H and O–H groups in total. The smallest absolute Gasteiger partial charge is 0.115 e. The molecule has 1 aromatic rings. The molecule has 0 fully saturated rings. The van der Waals surface area contributed by atoms with Crippen molar-refractivity contribution in [3.63, 3.8) is 0 Å². The summed E-state index contributed by atoms with van der Waals surface area (Å²) in [5.74, 6) is 0. The lowest BCUT2D eigenvalue weighted by molar-refractivity contribution is 0.282. The van der Waals surface area contributed by atoms with Crippen molar-refractivity contribution in [3.8, 4) is 0 Å². The molecule has 0 aliphatic carbocycles. The molecule has 12 heavy (non-hydrogen) atoms. The van der Waals surface area contributed by atoms with Gasteiger partial charge in [0.25, 0.3) is 0 Å². The molecule has 0 saturated carbocycles. The van der Waals surface area contributed by atoms with Crippen LogP contribution >= 0.6 is 0 Å². The van der Waals surface area contributed by atoms with E-state index in [2.05, 4.69) is 13.8 Å². The number of hydrogen-bond donors (Lipinski definition) is 1. The van der Waals surface area contributed by atoms with Crippen LogP contribution in [0, 0.1) is 0 Å². The topological polar surface area (TPSA) is 23.5 Å². The number of nitrogens with zero attached hydrogens (tertiary/aromatic N) is 1. The van der Waals surface area contributed by atoms with Gasteiger partial charge >= 0.3 is 0 Å². The van der Waals surface area contributed by atoms with Gasteiger partial charge in [0.1, 0.15) is 6.73 Å². The number of rotatable bonds is 3. The summed E-state index contributed by atoms with van der Waals surface area (Å²) in [5, 5.41) is 9.08. The van der Waals surface area contributed by atoms with Gasteiger partial charge in [-0.1, -0.05) is 18.2 Å². The Labute approximate surface area is 73.4 Å². The Hall–Kier alpha value is -1.02. The van der Waals surface area contributed by atoms with Crippen molar-refractivity contribution in [2.45, 2.75) is 19.9 Å². The molecule has 2 nitrogen and oxygen atoms in total. The molecule has 0 unspecified atom stereocenters. The first-order valence-electron chi connectivity index (χ1n) is 4.18. The molecule has 0 aliphatic rings. The lowest BCUT2D eigenvalue weighted by Crippen LogP contribution is -2.31. The van der Waals surface area contributed by atoms with Gasteiger partial charge in [0, 0.05) is 11.7 Å². The molecule has 0 saturated heterocycles. The molecular weight excluding hydrogens is 150 g/mol. The van der Waals surface area contributed by atoms with Crippen LogP contribution in [-0.4, -0.2) is 17.9 Å². The summed E-state index contributed by atoms with van der Waals surface area (Å²) in [7, 11) is 0. The van der Waals surface area contributed by atoms with E-state index in [1.165, 1.54) is 0 Å². The highest BCUT2D eigenvalue weighted by Crippen LogP contribution is 2.14. The van der Waals surface area contributed by atoms with Crippen molar-refractivity contribution in [1.29, 1.82) is 0 Å². The van der Waals surface area contributed by atoms with Gasteiger partial charge in [-0.05, 0) is 26.0 Å². The second kappa shape index (κ2) is 4.12. The average molecular weight is 165 g/mol. The Morgan fingerprint density at radius 2 is 1.83 bits per heavy atom. The van der Waals surface area contributed by atoms with Gasteiger partial charge in [-0.25, -0.2) is 0 Å². The van der Waals surface area contributed by atoms with Gasteiger partial charge in [-0.3, -0.25) is 0 Å². The molecule has 2 heteroatoms. The Morgan fingerprint density at radius 3 is 2.25 bits per heavy atom. The van der Waals surface area contributed by atoms with Crippen LogP contribution in [0.4, 0.5) is 5.69 Å². The maximum Gasteiger partial charge on any atom is 0.115 e. The fourth-order valence-electron chi connectivity index (χ4n) is 1.16. The lowest BCUT2D eigenvalue weighted by Gasteiger charge is -2.26. The number of anilines is 1. The number of benzene rings is 1. The van der Waals surface area contributed by atoms with Crippen molar-refractivity contribution in [3.05, 3.63) is 30.3 Å². The predicted octanol–water partition coefficient (Wildman–Crippen LogP) is 1.85. The van der Waals surface area contributed by atoms with Gasteiger partial charge in [0.15, 0.2) is 0 Å². The summed E-state index contributed by atoms with van der Waals surface area (Å²) < 4.78 is 0. The summed E-state index contributed by atoms with van der Waals surface area (Å²) >= 11 is 0. The summed E-state index contributed by atoms with van der Waals surface area (Å²) in [6.07, 6.45) is 0. The highest BCUT2D eigenvalue weighted by Gasteiger charge is 2.06. The van der Waals surface area contributed by atoms with Gasteiger partial charge in [0.2, 0.25) is 0 Å². The summed E-state index contributed by atoms with van der Waals surface area (Å²) in [5.41, 5.74) is 1.06. The third-order valence-electron chi connectivity index (χ3n) is 1.86. The van der Waals surface area contributed by atoms with E-state index < -0.39 is 0 Å². The number of aliphatic hydroxyl groups excluding tert-OH is 1. The minimum atomic E-state index is 0.0711. The zero-order chi connectivity index (χ0) is 8.97. The molecule has 1 aromatic carbocycles. The molecule has 66 valence electrons. The van der Waals surface area contributed by atoms with Crippen LogP contribution < -0.4 is 4.90 Å². The van der Waals surface area contributed by atoms with Crippen LogP contribution in [0.1, 0.15) is 13.8 Å². The Kier molecular flexibility index (Phi) is 3.11. The fourth-order valence-corrected chi connectivity index (χ4v) is 1.16. The molecule has 0 aliphatic heterocycles. The van der Waals surface area contributed by atoms with E-state index in [1.807, 2.05) is 35.2 Å². The molecule has 0 radical (unpaired) electrons. The molecule has 0 amide bonds. The third-order valence-corrected chi connectivity index (χ3v) is 1.86.